The third-order valence-corrected chi connectivity index (χ3v) is 3.17. The van der Waals surface area contributed by atoms with E-state index in [1.54, 1.807) is 0 Å². The van der Waals surface area contributed by atoms with Gasteiger partial charge in [-0.15, -0.1) is 12.4 Å². The molecule has 1 amide bonds. The van der Waals surface area contributed by atoms with Crippen LogP contribution in [0, 0.1) is 5.92 Å². The summed E-state index contributed by atoms with van der Waals surface area (Å²) in [6.45, 7) is 1.32. The van der Waals surface area contributed by atoms with E-state index in [2.05, 4.69) is 10.3 Å². The molecule has 0 aromatic heterocycles. The average molecular weight is 293 g/mol. The number of rotatable bonds is 4. The fraction of sp³-hybridized carbons (Fsp3) is 0.727. The van der Waals surface area contributed by atoms with E-state index in [-0.39, 0.29) is 36.2 Å². The largest absolute Gasteiger partial charge is 0.480 e. The highest BCUT2D eigenvalue weighted by atomic mass is 35.5. The Kier molecular flexibility index (Phi) is 7.21. The van der Waals surface area contributed by atoms with Crippen molar-refractivity contribution in [3.63, 3.8) is 0 Å². The molecule has 7 nitrogen and oxygen atoms in total. The summed E-state index contributed by atoms with van der Waals surface area (Å²) in [6.07, 6.45) is 2.87. The summed E-state index contributed by atoms with van der Waals surface area (Å²) in [6, 6.07) is -0.749. The summed E-state index contributed by atoms with van der Waals surface area (Å²) in [5.41, 5.74) is 10.6. The minimum Gasteiger partial charge on any atom is -0.480 e. The molecule has 1 atom stereocenters. The van der Waals surface area contributed by atoms with Gasteiger partial charge in [0.25, 0.3) is 0 Å². The van der Waals surface area contributed by atoms with Crippen molar-refractivity contribution in [1.29, 1.82) is 0 Å². The SMILES string of the molecule is CC(=O)NC(C(=O)O)C1CCC(N=C(N)N)CC1.Cl. The van der Waals surface area contributed by atoms with Crippen molar-refractivity contribution >= 4 is 30.2 Å². The Morgan fingerprint density at radius 1 is 1.26 bits per heavy atom. The number of aliphatic carboxylic acids is 1. The van der Waals surface area contributed by atoms with Crippen molar-refractivity contribution in [2.24, 2.45) is 22.4 Å². The second kappa shape index (κ2) is 7.83. The fourth-order valence-electron chi connectivity index (χ4n) is 2.38. The summed E-state index contributed by atoms with van der Waals surface area (Å²) in [5, 5.41) is 11.6. The standard InChI is InChI=1S/C11H20N4O3.ClH/c1-6(16)14-9(10(17)18)7-2-4-8(5-3-7)15-11(12)13;/h7-9H,2-5H2,1H3,(H,14,16)(H,17,18)(H4,12,13,15);1H. The first-order chi connectivity index (χ1) is 8.40. The number of amides is 1. The zero-order chi connectivity index (χ0) is 13.7. The van der Waals surface area contributed by atoms with E-state index in [0.29, 0.717) is 12.8 Å². The minimum absolute atomic E-state index is 0. The molecule has 0 spiro atoms. The quantitative estimate of drug-likeness (QED) is 0.422. The Morgan fingerprint density at radius 3 is 2.16 bits per heavy atom. The number of nitrogens with one attached hydrogen (secondary N) is 1. The van der Waals surface area contributed by atoms with E-state index in [4.69, 9.17) is 16.6 Å². The van der Waals surface area contributed by atoms with Crippen LogP contribution in [0.3, 0.4) is 0 Å². The number of carbonyl (C=O) groups excluding carboxylic acids is 1. The molecular weight excluding hydrogens is 272 g/mol. The second-order valence-electron chi connectivity index (χ2n) is 4.64. The number of hydrogen-bond acceptors (Lipinski definition) is 3. The first-order valence-electron chi connectivity index (χ1n) is 5.98. The molecule has 1 saturated carbocycles. The number of aliphatic imine (C=N–C) groups is 1. The van der Waals surface area contributed by atoms with Gasteiger partial charge in [0.2, 0.25) is 5.91 Å². The number of carboxylic acids is 1. The number of nitrogens with two attached hydrogens (primary N) is 2. The molecule has 0 bridgehead atoms. The topological polar surface area (TPSA) is 131 Å². The molecule has 1 fully saturated rings. The number of guanidine groups is 1. The molecule has 0 aromatic carbocycles. The van der Waals surface area contributed by atoms with Gasteiger partial charge in [0.05, 0.1) is 6.04 Å². The molecule has 8 heteroatoms. The molecule has 0 heterocycles. The van der Waals surface area contributed by atoms with Gasteiger partial charge in [0, 0.05) is 6.92 Å². The van der Waals surface area contributed by atoms with Crippen molar-refractivity contribution < 1.29 is 14.7 Å². The van der Waals surface area contributed by atoms with Crippen LogP contribution in [0.15, 0.2) is 4.99 Å². The third kappa shape index (κ3) is 5.78. The summed E-state index contributed by atoms with van der Waals surface area (Å²) in [7, 11) is 0. The van der Waals surface area contributed by atoms with E-state index < -0.39 is 12.0 Å². The first-order valence-corrected chi connectivity index (χ1v) is 5.98. The summed E-state index contributed by atoms with van der Waals surface area (Å²) in [5.74, 6) is -1.31. The molecule has 0 radical (unpaired) electrons. The van der Waals surface area contributed by atoms with Gasteiger partial charge in [-0.25, -0.2) is 4.79 Å². The van der Waals surface area contributed by atoms with Crippen LogP contribution in [0.2, 0.25) is 0 Å². The lowest BCUT2D eigenvalue weighted by molar-refractivity contribution is -0.143. The monoisotopic (exact) mass is 292 g/mol. The Bertz CT molecular complexity index is 350. The summed E-state index contributed by atoms with van der Waals surface area (Å²) >= 11 is 0. The number of nitrogens with zero attached hydrogens (tertiary/aromatic N) is 1. The molecule has 0 aliphatic heterocycles. The zero-order valence-corrected chi connectivity index (χ0v) is 11.7. The van der Waals surface area contributed by atoms with Crippen LogP contribution < -0.4 is 16.8 Å². The Labute approximate surface area is 118 Å². The Hall–Kier alpha value is -1.50. The van der Waals surface area contributed by atoms with Crippen molar-refractivity contribution in [3.05, 3.63) is 0 Å². The van der Waals surface area contributed by atoms with Crippen LogP contribution in [0.25, 0.3) is 0 Å². The van der Waals surface area contributed by atoms with E-state index in [1.807, 2.05) is 0 Å². The predicted octanol–water partition coefficient (Wildman–Crippen LogP) is -0.170. The van der Waals surface area contributed by atoms with Crippen molar-refractivity contribution in [1.82, 2.24) is 5.32 Å². The highest BCUT2D eigenvalue weighted by Crippen LogP contribution is 2.28. The number of hydrogen-bond donors (Lipinski definition) is 4. The van der Waals surface area contributed by atoms with E-state index in [0.717, 1.165) is 12.8 Å². The lowest BCUT2D eigenvalue weighted by atomic mass is 9.81. The molecule has 19 heavy (non-hydrogen) atoms. The number of carbonyl (C=O) groups is 2. The molecule has 110 valence electrons. The van der Waals surface area contributed by atoms with Gasteiger partial charge in [0.1, 0.15) is 6.04 Å². The molecule has 0 saturated heterocycles. The van der Waals surface area contributed by atoms with Gasteiger partial charge in [-0.2, -0.15) is 0 Å². The van der Waals surface area contributed by atoms with Gasteiger partial charge < -0.3 is 21.9 Å². The first kappa shape index (κ1) is 17.5. The lowest BCUT2D eigenvalue weighted by Crippen LogP contribution is -2.46. The van der Waals surface area contributed by atoms with E-state index in [9.17, 15) is 9.59 Å². The highest BCUT2D eigenvalue weighted by molar-refractivity contribution is 5.85. The Morgan fingerprint density at radius 2 is 1.79 bits per heavy atom. The zero-order valence-electron chi connectivity index (χ0n) is 10.8. The summed E-state index contributed by atoms with van der Waals surface area (Å²) < 4.78 is 0. The molecule has 1 aliphatic rings. The van der Waals surface area contributed by atoms with Crippen LogP contribution in [0.1, 0.15) is 32.6 Å². The van der Waals surface area contributed by atoms with Crippen molar-refractivity contribution in [2.75, 3.05) is 0 Å². The second-order valence-corrected chi connectivity index (χ2v) is 4.64. The molecule has 1 unspecified atom stereocenters. The van der Waals surface area contributed by atoms with Crippen molar-refractivity contribution in [2.45, 2.75) is 44.7 Å². The molecular formula is C11H21ClN4O3. The van der Waals surface area contributed by atoms with Gasteiger partial charge in [-0.3, -0.25) is 9.79 Å². The van der Waals surface area contributed by atoms with Crippen LogP contribution in [-0.4, -0.2) is 35.0 Å². The average Bonchev–Trinajstić information content (AvgIpc) is 2.26. The third-order valence-electron chi connectivity index (χ3n) is 3.17. The molecule has 1 rings (SSSR count). The van der Waals surface area contributed by atoms with Crippen LogP contribution in [0.4, 0.5) is 0 Å². The normalized spacial score (nSPS) is 23.6. The molecule has 6 N–H and O–H groups in total. The van der Waals surface area contributed by atoms with E-state index in [1.165, 1.54) is 6.92 Å². The Balaban J connectivity index is 0.00000324. The lowest BCUT2D eigenvalue weighted by Gasteiger charge is -2.30. The predicted molar refractivity (Wildman–Crippen MR) is 74.0 cm³/mol. The summed E-state index contributed by atoms with van der Waals surface area (Å²) in [4.78, 5) is 26.2. The fourth-order valence-corrected chi connectivity index (χ4v) is 2.38. The maximum atomic E-state index is 11.1. The number of carboxylic acid groups (broad SMARTS) is 1. The minimum atomic E-state index is -0.990. The van der Waals surface area contributed by atoms with Crippen LogP contribution >= 0.6 is 12.4 Å². The number of halogens is 1. The van der Waals surface area contributed by atoms with Gasteiger partial charge in [-0.1, -0.05) is 0 Å². The van der Waals surface area contributed by atoms with Gasteiger partial charge >= 0.3 is 5.97 Å². The maximum absolute atomic E-state index is 11.1. The van der Waals surface area contributed by atoms with Crippen LogP contribution in [0.5, 0.6) is 0 Å². The van der Waals surface area contributed by atoms with Crippen molar-refractivity contribution in [3.8, 4) is 0 Å². The van der Waals surface area contributed by atoms with Crippen LogP contribution in [-0.2, 0) is 9.59 Å². The molecule has 1 aliphatic carbocycles. The highest BCUT2D eigenvalue weighted by Gasteiger charge is 2.32. The molecule has 0 aromatic rings. The smallest absolute Gasteiger partial charge is 0.326 e. The van der Waals surface area contributed by atoms with E-state index >= 15 is 0 Å². The maximum Gasteiger partial charge on any atom is 0.326 e. The van der Waals surface area contributed by atoms with Gasteiger partial charge in [-0.05, 0) is 31.6 Å². The van der Waals surface area contributed by atoms with Gasteiger partial charge in [0.15, 0.2) is 5.96 Å².